The average Bonchev–Trinajstić information content (AvgIpc) is 2.55. The number of aromatic carboxylic acids is 1. The number of fused-ring (bicyclic) bond motifs is 1. The number of carboxylic acids is 1. The van der Waals surface area contributed by atoms with Crippen molar-refractivity contribution >= 4 is 40.1 Å². The van der Waals surface area contributed by atoms with Gasteiger partial charge in [0, 0.05) is 10.9 Å². The van der Waals surface area contributed by atoms with Gasteiger partial charge in [0.25, 0.3) is 0 Å². The maximum atomic E-state index is 11.7. The number of hydrogen-bond acceptors (Lipinski definition) is 2. The van der Waals surface area contributed by atoms with E-state index in [2.05, 4.69) is 18.8 Å². The van der Waals surface area contributed by atoms with Crippen LogP contribution in [-0.4, -0.2) is 16.1 Å². The summed E-state index contributed by atoms with van der Waals surface area (Å²) in [4.78, 5) is 16.3. The lowest BCUT2D eigenvalue weighted by Crippen LogP contribution is -2.01. The van der Waals surface area contributed by atoms with Gasteiger partial charge in [-0.2, -0.15) is 0 Å². The van der Waals surface area contributed by atoms with Crippen molar-refractivity contribution in [1.29, 1.82) is 0 Å². The Morgan fingerprint density at radius 2 is 1.79 bits per heavy atom. The van der Waals surface area contributed by atoms with Gasteiger partial charge in [-0.15, -0.1) is 0 Å². The number of hydrogen-bond donors (Lipinski definition) is 1. The van der Waals surface area contributed by atoms with Gasteiger partial charge in [0.1, 0.15) is 0 Å². The summed E-state index contributed by atoms with van der Waals surface area (Å²) in [6.07, 6.45) is 0. The second-order valence-electron chi connectivity index (χ2n) is 5.92. The van der Waals surface area contributed by atoms with Crippen molar-refractivity contribution in [2.24, 2.45) is 0 Å². The first-order valence-corrected chi connectivity index (χ1v) is 8.26. The summed E-state index contributed by atoms with van der Waals surface area (Å²) < 4.78 is 0. The Morgan fingerprint density at radius 1 is 1.04 bits per heavy atom. The highest BCUT2D eigenvalue weighted by molar-refractivity contribution is 6.42. The number of nitrogens with zero attached hydrogens (tertiary/aromatic N) is 1. The molecule has 0 fully saturated rings. The van der Waals surface area contributed by atoms with Gasteiger partial charge in [0.05, 0.1) is 26.8 Å². The van der Waals surface area contributed by atoms with E-state index in [1.54, 1.807) is 24.3 Å². The topological polar surface area (TPSA) is 50.2 Å². The van der Waals surface area contributed by atoms with E-state index in [9.17, 15) is 9.90 Å². The molecule has 0 spiro atoms. The van der Waals surface area contributed by atoms with Gasteiger partial charge in [-0.05, 0) is 41.8 Å². The van der Waals surface area contributed by atoms with Crippen LogP contribution in [0.15, 0.2) is 42.5 Å². The van der Waals surface area contributed by atoms with Crippen molar-refractivity contribution in [3.63, 3.8) is 0 Å². The summed E-state index contributed by atoms with van der Waals surface area (Å²) in [6.45, 7) is 4.14. The first-order valence-electron chi connectivity index (χ1n) is 7.50. The molecule has 1 heterocycles. The van der Waals surface area contributed by atoms with Crippen LogP contribution in [0.5, 0.6) is 0 Å². The van der Waals surface area contributed by atoms with E-state index in [1.165, 1.54) is 0 Å². The summed E-state index contributed by atoms with van der Waals surface area (Å²) in [5.74, 6) is -0.671. The highest BCUT2D eigenvalue weighted by atomic mass is 35.5. The number of benzene rings is 2. The second-order valence-corrected chi connectivity index (χ2v) is 6.73. The number of pyridine rings is 1. The molecule has 24 heavy (non-hydrogen) atoms. The van der Waals surface area contributed by atoms with Gasteiger partial charge < -0.3 is 5.11 Å². The molecule has 0 saturated carbocycles. The minimum Gasteiger partial charge on any atom is -0.478 e. The monoisotopic (exact) mass is 359 g/mol. The van der Waals surface area contributed by atoms with Crippen LogP contribution in [0.2, 0.25) is 10.0 Å². The summed E-state index contributed by atoms with van der Waals surface area (Å²) in [6, 6.07) is 12.4. The Labute approximate surface area is 149 Å². The number of halogens is 2. The first kappa shape index (κ1) is 16.7. The standard InChI is InChI=1S/C19H15Cl2NO2/c1-10(2)11-4-6-17-13(7-11)14(19(23)24)9-18(22-17)12-3-5-15(20)16(21)8-12/h3-10H,1-2H3,(H,23,24). The minimum absolute atomic E-state index is 0.226. The number of carbonyl (C=O) groups is 1. The van der Waals surface area contributed by atoms with Crippen molar-refractivity contribution in [2.75, 3.05) is 0 Å². The Hall–Kier alpha value is -2.10. The lowest BCUT2D eigenvalue weighted by atomic mass is 9.97. The molecule has 0 amide bonds. The first-order chi connectivity index (χ1) is 11.4. The quantitative estimate of drug-likeness (QED) is 0.620. The molecule has 0 aliphatic heterocycles. The molecular formula is C19H15Cl2NO2. The van der Waals surface area contributed by atoms with E-state index in [1.807, 2.05) is 18.2 Å². The molecule has 0 bridgehead atoms. The van der Waals surface area contributed by atoms with Gasteiger partial charge in [0.15, 0.2) is 0 Å². The summed E-state index contributed by atoms with van der Waals surface area (Å²) in [7, 11) is 0. The maximum absolute atomic E-state index is 11.7. The van der Waals surface area contributed by atoms with Crippen molar-refractivity contribution in [3.05, 3.63) is 63.6 Å². The average molecular weight is 360 g/mol. The van der Waals surface area contributed by atoms with Crippen LogP contribution < -0.4 is 0 Å². The Balaban J connectivity index is 2.26. The Morgan fingerprint density at radius 3 is 2.42 bits per heavy atom. The van der Waals surface area contributed by atoms with Gasteiger partial charge in [-0.3, -0.25) is 0 Å². The fourth-order valence-electron chi connectivity index (χ4n) is 2.58. The predicted octanol–water partition coefficient (Wildman–Crippen LogP) is 6.03. The Bertz CT molecular complexity index is 951. The van der Waals surface area contributed by atoms with Crippen LogP contribution in [0.3, 0.4) is 0 Å². The maximum Gasteiger partial charge on any atom is 0.336 e. The van der Waals surface area contributed by atoms with Crippen LogP contribution in [0, 0.1) is 0 Å². The second kappa shape index (κ2) is 6.42. The van der Waals surface area contributed by atoms with Crippen LogP contribution in [0.25, 0.3) is 22.2 Å². The van der Waals surface area contributed by atoms with E-state index in [0.717, 1.165) is 11.1 Å². The lowest BCUT2D eigenvalue weighted by molar-refractivity contribution is 0.0699. The molecule has 3 nitrogen and oxygen atoms in total. The van der Waals surface area contributed by atoms with Crippen LogP contribution in [-0.2, 0) is 0 Å². The third kappa shape index (κ3) is 3.10. The fourth-order valence-corrected chi connectivity index (χ4v) is 2.88. The van der Waals surface area contributed by atoms with Crippen molar-refractivity contribution < 1.29 is 9.90 Å². The molecule has 0 saturated heterocycles. The number of carboxylic acid groups (broad SMARTS) is 1. The molecular weight excluding hydrogens is 345 g/mol. The van der Waals surface area contributed by atoms with E-state index in [0.29, 0.717) is 32.6 Å². The smallest absolute Gasteiger partial charge is 0.336 e. The molecule has 1 N–H and O–H groups in total. The van der Waals surface area contributed by atoms with E-state index < -0.39 is 5.97 Å². The third-order valence-electron chi connectivity index (χ3n) is 3.95. The zero-order valence-corrected chi connectivity index (χ0v) is 14.7. The molecule has 1 aromatic heterocycles. The predicted molar refractivity (Wildman–Crippen MR) is 98.2 cm³/mol. The summed E-state index contributed by atoms with van der Waals surface area (Å²) in [5, 5.41) is 11.1. The zero-order chi connectivity index (χ0) is 17.4. The molecule has 0 aliphatic carbocycles. The van der Waals surface area contributed by atoms with Crippen molar-refractivity contribution in [2.45, 2.75) is 19.8 Å². The molecule has 5 heteroatoms. The normalized spacial score (nSPS) is 11.2. The van der Waals surface area contributed by atoms with Crippen molar-refractivity contribution in [3.8, 4) is 11.3 Å². The summed E-state index contributed by atoms with van der Waals surface area (Å²) in [5.41, 5.74) is 3.22. The lowest BCUT2D eigenvalue weighted by Gasteiger charge is -2.11. The zero-order valence-electron chi connectivity index (χ0n) is 13.2. The molecule has 3 rings (SSSR count). The SMILES string of the molecule is CC(C)c1ccc2nc(-c3ccc(Cl)c(Cl)c3)cc(C(=O)O)c2c1. The largest absolute Gasteiger partial charge is 0.478 e. The van der Waals surface area contributed by atoms with Crippen LogP contribution >= 0.6 is 23.2 Å². The van der Waals surface area contributed by atoms with Crippen LogP contribution in [0.1, 0.15) is 35.7 Å². The molecule has 0 unspecified atom stereocenters. The molecule has 2 aromatic carbocycles. The Kier molecular flexibility index (Phi) is 4.48. The van der Waals surface area contributed by atoms with Crippen molar-refractivity contribution in [1.82, 2.24) is 4.98 Å². The summed E-state index contributed by atoms with van der Waals surface area (Å²) >= 11 is 12.0. The number of rotatable bonds is 3. The molecule has 122 valence electrons. The highest BCUT2D eigenvalue weighted by Gasteiger charge is 2.15. The molecule has 0 radical (unpaired) electrons. The van der Waals surface area contributed by atoms with Gasteiger partial charge in [0.2, 0.25) is 0 Å². The minimum atomic E-state index is -0.982. The molecule has 0 atom stereocenters. The van der Waals surface area contributed by atoms with E-state index in [4.69, 9.17) is 23.2 Å². The van der Waals surface area contributed by atoms with E-state index >= 15 is 0 Å². The third-order valence-corrected chi connectivity index (χ3v) is 4.68. The number of aromatic nitrogens is 1. The van der Waals surface area contributed by atoms with E-state index in [-0.39, 0.29) is 5.56 Å². The van der Waals surface area contributed by atoms with Gasteiger partial charge >= 0.3 is 5.97 Å². The van der Waals surface area contributed by atoms with Crippen LogP contribution in [0.4, 0.5) is 0 Å². The van der Waals surface area contributed by atoms with Gasteiger partial charge in [-0.25, -0.2) is 9.78 Å². The molecule has 3 aromatic rings. The van der Waals surface area contributed by atoms with Gasteiger partial charge in [-0.1, -0.05) is 49.2 Å². The highest BCUT2D eigenvalue weighted by Crippen LogP contribution is 2.31. The molecule has 0 aliphatic rings. The fraction of sp³-hybridized carbons (Fsp3) is 0.158.